The number of pyridine rings is 1. The van der Waals surface area contributed by atoms with Gasteiger partial charge in [0.1, 0.15) is 5.69 Å². The first-order valence-electron chi connectivity index (χ1n) is 7.78. The van der Waals surface area contributed by atoms with Crippen LogP contribution in [0.15, 0.2) is 69.6 Å². The van der Waals surface area contributed by atoms with Crippen molar-refractivity contribution in [1.82, 2.24) is 9.88 Å². The molecular formula is C19H15BrClN3OS. The highest BCUT2D eigenvalue weighted by Crippen LogP contribution is 2.38. The number of carbonyl (C=O) groups is 1. The summed E-state index contributed by atoms with van der Waals surface area (Å²) in [7, 11) is 0. The SMILES string of the molecule is C=CCN1C(=O)/C(=C(\C)c2ccc(Br)cc2)SC1=Nc1cccnc1Cl. The lowest BCUT2D eigenvalue weighted by Crippen LogP contribution is -2.29. The molecule has 7 heteroatoms. The average Bonchev–Trinajstić information content (AvgIpc) is 2.94. The lowest BCUT2D eigenvalue weighted by atomic mass is 10.1. The summed E-state index contributed by atoms with van der Waals surface area (Å²) in [6, 6.07) is 11.4. The van der Waals surface area contributed by atoms with Crippen LogP contribution in [0.4, 0.5) is 5.69 Å². The van der Waals surface area contributed by atoms with Crippen molar-refractivity contribution in [2.75, 3.05) is 6.54 Å². The van der Waals surface area contributed by atoms with Gasteiger partial charge in [0.15, 0.2) is 10.3 Å². The van der Waals surface area contributed by atoms with Gasteiger partial charge in [0.05, 0.1) is 4.91 Å². The Hall–Kier alpha value is -1.89. The van der Waals surface area contributed by atoms with Gasteiger partial charge in [-0.1, -0.05) is 45.7 Å². The fourth-order valence-electron chi connectivity index (χ4n) is 2.40. The Balaban J connectivity index is 2.03. The average molecular weight is 449 g/mol. The van der Waals surface area contributed by atoms with Gasteiger partial charge in [-0.05, 0) is 54.1 Å². The largest absolute Gasteiger partial charge is 0.283 e. The molecule has 1 aromatic heterocycles. The number of amidine groups is 1. The van der Waals surface area contributed by atoms with Gasteiger partial charge in [-0.15, -0.1) is 6.58 Å². The summed E-state index contributed by atoms with van der Waals surface area (Å²) < 4.78 is 0.992. The van der Waals surface area contributed by atoms with Crippen LogP contribution in [-0.4, -0.2) is 27.5 Å². The Kier molecular flexibility index (Phi) is 5.96. The Morgan fingerprint density at radius 3 is 2.77 bits per heavy atom. The van der Waals surface area contributed by atoms with Crippen LogP contribution in [0.2, 0.25) is 5.15 Å². The van der Waals surface area contributed by atoms with Crippen LogP contribution < -0.4 is 0 Å². The zero-order chi connectivity index (χ0) is 18.7. The number of amides is 1. The van der Waals surface area contributed by atoms with E-state index in [1.807, 2.05) is 31.2 Å². The van der Waals surface area contributed by atoms with Crippen molar-refractivity contribution in [3.05, 3.63) is 75.3 Å². The Labute approximate surface area is 169 Å². The van der Waals surface area contributed by atoms with Gasteiger partial charge in [-0.3, -0.25) is 9.69 Å². The second-order valence-corrected chi connectivity index (χ2v) is 7.73. The van der Waals surface area contributed by atoms with Crippen LogP contribution in [-0.2, 0) is 4.79 Å². The van der Waals surface area contributed by atoms with Gasteiger partial charge in [0.2, 0.25) is 0 Å². The number of rotatable bonds is 4. The van der Waals surface area contributed by atoms with Crippen LogP contribution in [0.25, 0.3) is 5.57 Å². The second-order valence-electron chi connectivity index (χ2n) is 5.48. The maximum atomic E-state index is 12.9. The molecule has 1 saturated heterocycles. The minimum atomic E-state index is -0.0888. The highest BCUT2D eigenvalue weighted by atomic mass is 79.9. The summed E-state index contributed by atoms with van der Waals surface area (Å²) in [5.41, 5.74) is 2.42. The Morgan fingerprint density at radius 2 is 2.12 bits per heavy atom. The van der Waals surface area contributed by atoms with E-state index in [2.05, 4.69) is 32.5 Å². The number of allylic oxidation sites excluding steroid dienone is 1. The highest BCUT2D eigenvalue weighted by molar-refractivity contribution is 9.10. The van der Waals surface area contributed by atoms with Gasteiger partial charge < -0.3 is 0 Å². The van der Waals surface area contributed by atoms with E-state index in [0.29, 0.717) is 27.5 Å². The summed E-state index contributed by atoms with van der Waals surface area (Å²) in [5, 5.41) is 0.866. The summed E-state index contributed by atoms with van der Waals surface area (Å²) in [6.45, 7) is 6.05. The van der Waals surface area contributed by atoms with Crippen molar-refractivity contribution in [2.45, 2.75) is 6.92 Å². The van der Waals surface area contributed by atoms with E-state index in [9.17, 15) is 4.79 Å². The predicted octanol–water partition coefficient (Wildman–Crippen LogP) is 5.68. The molecule has 2 aromatic rings. The lowest BCUT2D eigenvalue weighted by molar-refractivity contribution is -0.121. The van der Waals surface area contributed by atoms with E-state index in [4.69, 9.17) is 11.6 Å². The summed E-state index contributed by atoms with van der Waals surface area (Å²) in [5.74, 6) is -0.0888. The van der Waals surface area contributed by atoms with Gasteiger partial charge in [-0.25, -0.2) is 9.98 Å². The number of hydrogen-bond donors (Lipinski definition) is 0. The number of benzene rings is 1. The van der Waals surface area contributed by atoms with Gasteiger partial charge in [0.25, 0.3) is 5.91 Å². The number of hydrogen-bond acceptors (Lipinski definition) is 4. The van der Waals surface area contributed by atoms with E-state index in [0.717, 1.165) is 15.6 Å². The van der Waals surface area contributed by atoms with Crippen LogP contribution >= 0.6 is 39.3 Å². The third-order valence-corrected chi connectivity index (χ3v) is 5.75. The number of halogens is 2. The van der Waals surface area contributed by atoms with E-state index in [1.165, 1.54) is 11.8 Å². The molecule has 0 aliphatic carbocycles. The smallest absolute Gasteiger partial charge is 0.267 e. The fraction of sp³-hybridized carbons (Fsp3) is 0.105. The highest BCUT2D eigenvalue weighted by Gasteiger charge is 2.34. The number of aromatic nitrogens is 1. The minimum Gasteiger partial charge on any atom is -0.283 e. The van der Waals surface area contributed by atoms with Crippen molar-refractivity contribution in [2.24, 2.45) is 4.99 Å². The monoisotopic (exact) mass is 447 g/mol. The van der Waals surface area contributed by atoms with Gasteiger partial charge in [-0.2, -0.15) is 0 Å². The van der Waals surface area contributed by atoms with E-state index in [-0.39, 0.29) is 5.91 Å². The first-order valence-corrected chi connectivity index (χ1v) is 9.76. The van der Waals surface area contributed by atoms with Crippen LogP contribution in [0.3, 0.4) is 0 Å². The minimum absolute atomic E-state index is 0.0888. The molecule has 1 fully saturated rings. The third-order valence-electron chi connectivity index (χ3n) is 3.75. The maximum absolute atomic E-state index is 12.9. The van der Waals surface area contributed by atoms with Gasteiger partial charge >= 0.3 is 0 Å². The number of aliphatic imine (C=N–C) groups is 1. The summed E-state index contributed by atoms with van der Waals surface area (Å²) in [6.07, 6.45) is 3.28. The predicted molar refractivity (Wildman–Crippen MR) is 113 cm³/mol. The van der Waals surface area contributed by atoms with Crippen molar-refractivity contribution in [1.29, 1.82) is 0 Å². The quantitative estimate of drug-likeness (QED) is 0.343. The summed E-state index contributed by atoms with van der Waals surface area (Å²) in [4.78, 5) is 23.7. The standard InChI is InChI=1S/C19H15BrClN3OS/c1-3-11-24-18(25)16(12(2)13-6-8-14(20)9-7-13)26-19(24)23-15-5-4-10-22-17(15)21/h3-10H,1,11H2,2H3/b16-12-,23-19?. The van der Waals surface area contributed by atoms with Crippen LogP contribution in [0, 0.1) is 0 Å². The molecule has 0 saturated carbocycles. The second kappa shape index (κ2) is 8.20. The molecule has 0 unspecified atom stereocenters. The van der Waals surface area contributed by atoms with Crippen molar-refractivity contribution in [3.63, 3.8) is 0 Å². The molecule has 0 N–H and O–H groups in total. The normalized spacial score (nSPS) is 17.7. The Bertz CT molecular complexity index is 925. The molecule has 1 aliphatic heterocycles. The number of thioether (sulfide) groups is 1. The molecule has 2 heterocycles. The molecule has 1 amide bonds. The van der Waals surface area contributed by atoms with E-state index >= 15 is 0 Å². The number of carbonyl (C=O) groups excluding carboxylic acids is 1. The third kappa shape index (κ3) is 3.92. The zero-order valence-electron chi connectivity index (χ0n) is 13.9. The molecule has 26 heavy (non-hydrogen) atoms. The van der Waals surface area contributed by atoms with Crippen LogP contribution in [0.5, 0.6) is 0 Å². The molecule has 1 aliphatic rings. The molecule has 0 radical (unpaired) electrons. The van der Waals surface area contributed by atoms with Crippen molar-refractivity contribution >= 4 is 61.6 Å². The molecule has 3 rings (SSSR count). The van der Waals surface area contributed by atoms with Crippen molar-refractivity contribution in [3.8, 4) is 0 Å². The maximum Gasteiger partial charge on any atom is 0.267 e. The number of nitrogens with zero attached hydrogens (tertiary/aromatic N) is 3. The first-order chi connectivity index (χ1) is 12.5. The van der Waals surface area contributed by atoms with Crippen LogP contribution in [0.1, 0.15) is 12.5 Å². The zero-order valence-corrected chi connectivity index (χ0v) is 17.1. The van der Waals surface area contributed by atoms with Crippen molar-refractivity contribution < 1.29 is 4.79 Å². The Morgan fingerprint density at radius 1 is 1.38 bits per heavy atom. The van der Waals surface area contributed by atoms with E-state index < -0.39 is 0 Å². The lowest BCUT2D eigenvalue weighted by Gasteiger charge is -2.12. The molecule has 0 bridgehead atoms. The van der Waals surface area contributed by atoms with Gasteiger partial charge in [0, 0.05) is 17.2 Å². The molecule has 0 spiro atoms. The fourth-order valence-corrected chi connectivity index (χ4v) is 3.89. The molecule has 132 valence electrons. The van der Waals surface area contributed by atoms with E-state index in [1.54, 1.807) is 29.3 Å². The first kappa shape index (κ1) is 18.9. The molecular weight excluding hydrogens is 434 g/mol. The summed E-state index contributed by atoms with van der Waals surface area (Å²) >= 11 is 10.9. The molecule has 4 nitrogen and oxygen atoms in total. The molecule has 0 atom stereocenters. The topological polar surface area (TPSA) is 45.6 Å². The molecule has 1 aromatic carbocycles.